The molecule has 112 valence electrons. The van der Waals surface area contributed by atoms with Crippen LogP contribution in [-0.4, -0.2) is 53.3 Å². The Hall–Kier alpha value is -1.43. The molecule has 0 aromatic carbocycles. The van der Waals surface area contributed by atoms with Gasteiger partial charge in [-0.1, -0.05) is 13.8 Å². The fraction of sp³-hybridized carbons (Fsp3) is 0.786. The van der Waals surface area contributed by atoms with Crippen LogP contribution in [0, 0.1) is 11.8 Å². The normalized spacial score (nSPS) is 26.3. The molecule has 0 radical (unpaired) electrons. The van der Waals surface area contributed by atoms with Crippen LogP contribution in [0.3, 0.4) is 0 Å². The standard InChI is InChI=1S/C14H23N3O3/c1-9(2)11-12(18)15-14(20)17(13(11)19)8-10(3)16-6-4-5-7-16/h9-11H,4-8H2,1-3H3,(H,15,18,20). The number of barbiturate groups is 1. The van der Waals surface area contributed by atoms with E-state index in [4.69, 9.17) is 0 Å². The summed E-state index contributed by atoms with van der Waals surface area (Å²) in [7, 11) is 0. The average Bonchev–Trinajstić information content (AvgIpc) is 2.87. The third-order valence-electron chi connectivity index (χ3n) is 4.17. The first-order chi connectivity index (χ1) is 9.41. The maximum Gasteiger partial charge on any atom is 0.330 e. The van der Waals surface area contributed by atoms with Gasteiger partial charge in [-0.25, -0.2) is 4.79 Å². The zero-order valence-corrected chi connectivity index (χ0v) is 12.4. The molecular weight excluding hydrogens is 258 g/mol. The van der Waals surface area contributed by atoms with Crippen LogP contribution in [0.4, 0.5) is 4.79 Å². The van der Waals surface area contributed by atoms with Gasteiger partial charge in [0.05, 0.1) is 0 Å². The van der Waals surface area contributed by atoms with E-state index in [1.54, 1.807) is 0 Å². The molecule has 2 aliphatic heterocycles. The fourth-order valence-corrected chi connectivity index (χ4v) is 2.95. The van der Waals surface area contributed by atoms with E-state index in [0.717, 1.165) is 25.9 Å². The van der Waals surface area contributed by atoms with Gasteiger partial charge in [-0.3, -0.25) is 24.7 Å². The Bertz CT molecular complexity index is 416. The molecule has 2 rings (SSSR count). The third kappa shape index (κ3) is 2.85. The van der Waals surface area contributed by atoms with E-state index in [9.17, 15) is 14.4 Å². The van der Waals surface area contributed by atoms with E-state index in [1.165, 1.54) is 4.90 Å². The van der Waals surface area contributed by atoms with Gasteiger partial charge in [0.1, 0.15) is 5.92 Å². The Morgan fingerprint density at radius 1 is 1.15 bits per heavy atom. The highest BCUT2D eigenvalue weighted by Gasteiger charge is 2.42. The number of carbonyl (C=O) groups excluding carboxylic acids is 3. The highest BCUT2D eigenvalue weighted by Crippen LogP contribution is 2.20. The molecule has 6 nitrogen and oxygen atoms in total. The van der Waals surface area contributed by atoms with Crippen LogP contribution in [0.5, 0.6) is 0 Å². The van der Waals surface area contributed by atoms with Gasteiger partial charge in [-0.15, -0.1) is 0 Å². The lowest BCUT2D eigenvalue weighted by Crippen LogP contribution is -2.61. The van der Waals surface area contributed by atoms with Crippen LogP contribution in [0.1, 0.15) is 33.6 Å². The lowest BCUT2D eigenvalue weighted by atomic mass is 9.92. The number of nitrogens with zero attached hydrogens (tertiary/aromatic N) is 2. The molecule has 0 saturated carbocycles. The maximum atomic E-state index is 12.4. The van der Waals surface area contributed by atoms with Gasteiger partial charge in [0.15, 0.2) is 0 Å². The van der Waals surface area contributed by atoms with Gasteiger partial charge in [0.2, 0.25) is 11.8 Å². The van der Waals surface area contributed by atoms with Crippen LogP contribution in [0.15, 0.2) is 0 Å². The topological polar surface area (TPSA) is 69.7 Å². The summed E-state index contributed by atoms with van der Waals surface area (Å²) in [6.07, 6.45) is 2.33. The van der Waals surface area contributed by atoms with Gasteiger partial charge in [0.25, 0.3) is 0 Å². The number of likely N-dealkylation sites (tertiary alicyclic amines) is 1. The second-order valence-corrected chi connectivity index (χ2v) is 6.06. The summed E-state index contributed by atoms with van der Waals surface area (Å²) < 4.78 is 0. The molecule has 20 heavy (non-hydrogen) atoms. The van der Waals surface area contributed by atoms with E-state index >= 15 is 0 Å². The molecule has 0 aliphatic carbocycles. The van der Waals surface area contributed by atoms with Gasteiger partial charge in [0, 0.05) is 12.6 Å². The summed E-state index contributed by atoms with van der Waals surface area (Å²) in [6, 6.07) is -0.448. The summed E-state index contributed by atoms with van der Waals surface area (Å²) in [5, 5.41) is 2.30. The van der Waals surface area contributed by atoms with Gasteiger partial charge in [-0.05, 0) is 38.8 Å². The van der Waals surface area contributed by atoms with Gasteiger partial charge < -0.3 is 0 Å². The van der Waals surface area contributed by atoms with Crippen molar-refractivity contribution in [2.75, 3.05) is 19.6 Å². The lowest BCUT2D eigenvalue weighted by Gasteiger charge is -2.35. The Morgan fingerprint density at radius 3 is 2.30 bits per heavy atom. The van der Waals surface area contributed by atoms with E-state index in [2.05, 4.69) is 10.2 Å². The fourth-order valence-electron chi connectivity index (χ4n) is 2.95. The van der Waals surface area contributed by atoms with Gasteiger partial charge >= 0.3 is 6.03 Å². The van der Waals surface area contributed by atoms with E-state index < -0.39 is 17.9 Å². The van der Waals surface area contributed by atoms with Crippen molar-refractivity contribution in [3.63, 3.8) is 0 Å². The summed E-state index contributed by atoms with van der Waals surface area (Å²) in [5.74, 6) is -1.70. The van der Waals surface area contributed by atoms with Crippen molar-refractivity contribution in [1.82, 2.24) is 15.1 Å². The second kappa shape index (κ2) is 5.91. The number of imide groups is 2. The minimum Gasteiger partial charge on any atom is -0.299 e. The average molecular weight is 281 g/mol. The third-order valence-corrected chi connectivity index (χ3v) is 4.17. The molecule has 2 unspecified atom stereocenters. The van der Waals surface area contributed by atoms with Crippen molar-refractivity contribution in [2.24, 2.45) is 11.8 Å². The van der Waals surface area contributed by atoms with Crippen LogP contribution in [-0.2, 0) is 9.59 Å². The highest BCUT2D eigenvalue weighted by molar-refractivity contribution is 6.16. The first kappa shape index (κ1) is 15.0. The van der Waals surface area contributed by atoms with Gasteiger partial charge in [-0.2, -0.15) is 0 Å². The molecule has 4 amide bonds. The zero-order chi connectivity index (χ0) is 14.9. The predicted molar refractivity (Wildman–Crippen MR) is 73.8 cm³/mol. The first-order valence-electron chi connectivity index (χ1n) is 7.32. The number of hydrogen-bond acceptors (Lipinski definition) is 4. The van der Waals surface area contributed by atoms with Crippen molar-refractivity contribution in [2.45, 2.75) is 39.7 Å². The van der Waals surface area contributed by atoms with Crippen LogP contribution in [0.25, 0.3) is 0 Å². The first-order valence-corrected chi connectivity index (χ1v) is 7.32. The molecular formula is C14H23N3O3. The molecule has 0 spiro atoms. The molecule has 1 N–H and O–H groups in total. The minimum atomic E-state index is -0.751. The Morgan fingerprint density at radius 2 is 1.75 bits per heavy atom. The Balaban J connectivity index is 2.07. The molecule has 2 fully saturated rings. The summed E-state index contributed by atoms with van der Waals surface area (Å²) >= 11 is 0. The lowest BCUT2D eigenvalue weighted by molar-refractivity contribution is -0.144. The van der Waals surface area contributed by atoms with Crippen LogP contribution < -0.4 is 5.32 Å². The molecule has 2 atom stereocenters. The number of rotatable bonds is 4. The second-order valence-electron chi connectivity index (χ2n) is 6.06. The SMILES string of the molecule is CC(C)C1C(=O)NC(=O)N(CC(C)N2CCCC2)C1=O. The number of hydrogen-bond donors (Lipinski definition) is 1. The number of urea groups is 1. The van der Waals surface area contributed by atoms with E-state index in [1.807, 2.05) is 20.8 Å². The van der Waals surface area contributed by atoms with Crippen molar-refractivity contribution in [3.8, 4) is 0 Å². The van der Waals surface area contributed by atoms with E-state index in [0.29, 0.717) is 6.54 Å². The number of nitrogens with one attached hydrogen (secondary N) is 1. The quantitative estimate of drug-likeness (QED) is 0.775. The predicted octanol–water partition coefficient (Wildman–Crippen LogP) is 0.821. The summed E-state index contributed by atoms with van der Waals surface area (Å²) in [4.78, 5) is 39.5. The van der Waals surface area contributed by atoms with E-state index in [-0.39, 0.29) is 17.9 Å². The maximum absolute atomic E-state index is 12.4. The number of carbonyl (C=O) groups is 3. The van der Waals surface area contributed by atoms with Crippen molar-refractivity contribution >= 4 is 17.8 Å². The van der Waals surface area contributed by atoms with Crippen molar-refractivity contribution in [1.29, 1.82) is 0 Å². The van der Waals surface area contributed by atoms with Crippen LogP contribution in [0.2, 0.25) is 0 Å². The zero-order valence-electron chi connectivity index (χ0n) is 12.4. The molecule has 2 aliphatic rings. The molecule has 2 saturated heterocycles. The van der Waals surface area contributed by atoms with Crippen molar-refractivity contribution in [3.05, 3.63) is 0 Å². The van der Waals surface area contributed by atoms with Crippen molar-refractivity contribution < 1.29 is 14.4 Å². The molecule has 6 heteroatoms. The monoisotopic (exact) mass is 281 g/mol. The molecule has 0 aromatic heterocycles. The number of amides is 4. The largest absolute Gasteiger partial charge is 0.330 e. The minimum absolute atomic E-state index is 0.111. The highest BCUT2D eigenvalue weighted by atomic mass is 16.2. The Labute approximate surface area is 119 Å². The summed E-state index contributed by atoms with van der Waals surface area (Å²) in [6.45, 7) is 8.03. The Kier molecular flexibility index (Phi) is 4.42. The summed E-state index contributed by atoms with van der Waals surface area (Å²) in [5.41, 5.74) is 0. The molecule has 2 heterocycles. The molecule has 0 aromatic rings. The smallest absolute Gasteiger partial charge is 0.299 e. The van der Waals surface area contributed by atoms with Crippen LogP contribution >= 0.6 is 0 Å². The molecule has 0 bridgehead atoms.